The zero-order valence-corrected chi connectivity index (χ0v) is 22.3. The van der Waals surface area contributed by atoms with Crippen LogP contribution in [0.5, 0.6) is 0 Å². The van der Waals surface area contributed by atoms with Crippen LogP contribution in [-0.4, -0.2) is 31.9 Å². The molecule has 6 heteroatoms. The number of aromatic amines is 2. The molecule has 5 aromatic rings. The van der Waals surface area contributed by atoms with Crippen LogP contribution in [-0.2, 0) is 0 Å². The van der Waals surface area contributed by atoms with Gasteiger partial charge in [-0.05, 0) is 62.6 Å². The first-order chi connectivity index (χ1) is 18.3. The van der Waals surface area contributed by atoms with Crippen molar-refractivity contribution in [3.63, 3.8) is 0 Å². The minimum atomic E-state index is -0.274. The van der Waals surface area contributed by atoms with Gasteiger partial charge in [0.15, 0.2) is 5.82 Å². The smallest absolute Gasteiger partial charge is 0.159 e. The second-order valence-electron chi connectivity index (χ2n) is 9.92. The summed E-state index contributed by atoms with van der Waals surface area (Å²) in [4.78, 5) is 13.0. The van der Waals surface area contributed by atoms with Gasteiger partial charge in [0, 0.05) is 34.7 Å². The number of benzene rings is 3. The van der Waals surface area contributed by atoms with E-state index >= 15 is 0 Å². The van der Waals surface area contributed by atoms with Crippen LogP contribution in [0, 0.1) is 5.82 Å². The standard InChI is InChI=1S/C32H32FN5/c1-6-20(4)16-23(17-21(5)34-19(2)3)22-14-15-28-26(18-22)31(38-37-28)32-35-29-13-9-11-25(30(29)36-32)24-10-7-8-12-27(24)33/h7-16,18-19H,4,6,17H2,1-3,5H3,(H,35,36)(H,37,38)/b23-16+,34-21?. The first-order valence-electron chi connectivity index (χ1n) is 13.0. The Kier molecular flexibility index (Phi) is 7.05. The van der Waals surface area contributed by atoms with Gasteiger partial charge in [-0.2, -0.15) is 5.10 Å². The van der Waals surface area contributed by atoms with Crippen LogP contribution in [0.15, 0.2) is 83.9 Å². The van der Waals surface area contributed by atoms with Crippen molar-refractivity contribution in [1.82, 2.24) is 20.2 Å². The predicted octanol–water partition coefficient (Wildman–Crippen LogP) is 8.52. The van der Waals surface area contributed by atoms with E-state index in [2.05, 4.69) is 67.7 Å². The van der Waals surface area contributed by atoms with Crippen molar-refractivity contribution in [1.29, 1.82) is 0 Å². The Morgan fingerprint density at radius 1 is 1.05 bits per heavy atom. The molecule has 192 valence electrons. The first-order valence-corrected chi connectivity index (χ1v) is 13.0. The molecule has 3 aromatic carbocycles. The summed E-state index contributed by atoms with van der Waals surface area (Å²) < 4.78 is 14.6. The zero-order chi connectivity index (χ0) is 26.8. The van der Waals surface area contributed by atoms with E-state index in [1.165, 1.54) is 11.6 Å². The summed E-state index contributed by atoms with van der Waals surface area (Å²) >= 11 is 0. The van der Waals surface area contributed by atoms with Crippen LogP contribution < -0.4 is 0 Å². The Balaban J connectivity index is 1.61. The van der Waals surface area contributed by atoms with Crippen LogP contribution in [0.3, 0.4) is 0 Å². The molecular formula is C32H32FN5. The van der Waals surface area contributed by atoms with Gasteiger partial charge in [0.2, 0.25) is 0 Å². The molecule has 2 heterocycles. The Labute approximate surface area is 222 Å². The van der Waals surface area contributed by atoms with Gasteiger partial charge < -0.3 is 4.98 Å². The van der Waals surface area contributed by atoms with E-state index in [1.807, 2.05) is 30.3 Å². The van der Waals surface area contributed by atoms with Crippen LogP contribution in [0.2, 0.25) is 0 Å². The summed E-state index contributed by atoms with van der Waals surface area (Å²) in [7, 11) is 0. The molecule has 0 radical (unpaired) electrons. The van der Waals surface area contributed by atoms with Crippen molar-refractivity contribution in [2.75, 3.05) is 0 Å². The number of nitrogens with zero attached hydrogens (tertiary/aromatic N) is 3. The molecule has 0 aliphatic heterocycles. The molecule has 0 amide bonds. The zero-order valence-electron chi connectivity index (χ0n) is 22.3. The van der Waals surface area contributed by atoms with Gasteiger partial charge in [-0.1, -0.05) is 61.5 Å². The second kappa shape index (κ2) is 10.6. The number of halogens is 1. The Morgan fingerprint density at radius 3 is 2.61 bits per heavy atom. The monoisotopic (exact) mass is 505 g/mol. The first kappa shape index (κ1) is 25.3. The summed E-state index contributed by atoms with van der Waals surface area (Å²) in [6.07, 6.45) is 3.79. The van der Waals surface area contributed by atoms with Gasteiger partial charge in [0.1, 0.15) is 11.5 Å². The van der Waals surface area contributed by atoms with Crippen molar-refractivity contribution in [2.24, 2.45) is 4.99 Å². The fourth-order valence-corrected chi connectivity index (χ4v) is 4.78. The second-order valence-corrected chi connectivity index (χ2v) is 9.92. The number of aromatic nitrogens is 4. The Bertz CT molecular complexity index is 1700. The van der Waals surface area contributed by atoms with E-state index in [1.54, 1.807) is 12.1 Å². The van der Waals surface area contributed by atoms with E-state index < -0.39 is 0 Å². The largest absolute Gasteiger partial charge is 0.337 e. The highest BCUT2D eigenvalue weighted by Crippen LogP contribution is 2.34. The number of nitrogens with one attached hydrogen (secondary N) is 2. The molecule has 0 aliphatic rings. The third kappa shape index (κ3) is 5.07. The third-order valence-corrected chi connectivity index (χ3v) is 6.59. The molecule has 5 rings (SSSR count). The summed E-state index contributed by atoms with van der Waals surface area (Å²) in [5, 5.41) is 8.70. The van der Waals surface area contributed by atoms with Crippen molar-refractivity contribution in [3.8, 4) is 22.6 Å². The third-order valence-electron chi connectivity index (χ3n) is 6.59. The van der Waals surface area contributed by atoms with Gasteiger partial charge >= 0.3 is 0 Å². The summed E-state index contributed by atoms with van der Waals surface area (Å²) in [5.74, 6) is 0.358. The maximum Gasteiger partial charge on any atom is 0.159 e. The number of rotatable bonds is 8. The van der Waals surface area contributed by atoms with Gasteiger partial charge in [0.25, 0.3) is 0 Å². The molecule has 0 aliphatic carbocycles. The molecule has 2 N–H and O–H groups in total. The van der Waals surface area contributed by atoms with Crippen LogP contribution >= 0.6 is 0 Å². The molecule has 0 saturated heterocycles. The fraction of sp³-hybridized carbons (Fsp3) is 0.219. The number of imidazole rings is 1. The van der Waals surface area contributed by atoms with E-state index in [4.69, 9.17) is 9.98 Å². The van der Waals surface area contributed by atoms with E-state index in [-0.39, 0.29) is 11.9 Å². The minimum Gasteiger partial charge on any atom is -0.337 e. The lowest BCUT2D eigenvalue weighted by Crippen LogP contribution is -2.00. The number of hydrogen-bond acceptors (Lipinski definition) is 3. The number of allylic oxidation sites excluding steroid dienone is 3. The molecule has 0 atom stereocenters. The highest BCUT2D eigenvalue weighted by Gasteiger charge is 2.17. The maximum absolute atomic E-state index is 14.6. The van der Waals surface area contributed by atoms with Gasteiger partial charge in [0.05, 0.1) is 16.6 Å². The molecular weight excluding hydrogens is 473 g/mol. The minimum absolute atomic E-state index is 0.246. The van der Waals surface area contributed by atoms with Crippen molar-refractivity contribution < 1.29 is 4.39 Å². The van der Waals surface area contributed by atoms with Gasteiger partial charge in [-0.15, -0.1) is 0 Å². The lowest BCUT2D eigenvalue weighted by Gasteiger charge is -2.11. The maximum atomic E-state index is 14.6. The number of aliphatic imine (C=N–C) groups is 1. The predicted molar refractivity (Wildman–Crippen MR) is 157 cm³/mol. The van der Waals surface area contributed by atoms with Crippen molar-refractivity contribution in [3.05, 3.63) is 90.3 Å². The summed E-state index contributed by atoms with van der Waals surface area (Å²) in [6.45, 7) is 12.6. The summed E-state index contributed by atoms with van der Waals surface area (Å²) in [5.41, 5.74) is 8.85. The normalized spacial score (nSPS) is 12.7. The average Bonchev–Trinajstić information content (AvgIpc) is 3.51. The molecule has 0 unspecified atom stereocenters. The topological polar surface area (TPSA) is 69.7 Å². The number of hydrogen-bond donors (Lipinski definition) is 2. The number of fused-ring (bicyclic) bond motifs is 2. The molecule has 0 saturated carbocycles. The van der Waals surface area contributed by atoms with Crippen molar-refractivity contribution in [2.45, 2.75) is 46.6 Å². The lowest BCUT2D eigenvalue weighted by molar-refractivity contribution is 0.631. The van der Waals surface area contributed by atoms with Crippen molar-refractivity contribution >= 4 is 33.2 Å². The highest BCUT2D eigenvalue weighted by atomic mass is 19.1. The lowest BCUT2D eigenvalue weighted by atomic mass is 9.96. The van der Waals surface area contributed by atoms with Crippen LogP contribution in [0.1, 0.15) is 46.1 Å². The number of H-pyrrole nitrogens is 2. The number of para-hydroxylation sites is 1. The van der Waals surface area contributed by atoms with Gasteiger partial charge in [-0.3, -0.25) is 10.1 Å². The fourth-order valence-electron chi connectivity index (χ4n) is 4.78. The quantitative estimate of drug-likeness (QED) is 0.164. The van der Waals surface area contributed by atoms with E-state index in [0.717, 1.165) is 57.4 Å². The summed E-state index contributed by atoms with van der Waals surface area (Å²) in [6, 6.07) is 19.1. The molecule has 2 aromatic heterocycles. The molecule has 0 spiro atoms. The average molecular weight is 506 g/mol. The van der Waals surface area contributed by atoms with Gasteiger partial charge in [-0.25, -0.2) is 9.37 Å². The molecule has 5 nitrogen and oxygen atoms in total. The van der Waals surface area contributed by atoms with E-state index in [9.17, 15) is 4.39 Å². The SMILES string of the molecule is C=C(/C=C(\CC(C)=NC(C)C)c1ccc2[nH]nc(-c3nc4c(-c5ccccc5F)cccc4[nH]3)c2c1)CC. The molecule has 38 heavy (non-hydrogen) atoms. The Morgan fingerprint density at radius 2 is 1.84 bits per heavy atom. The van der Waals surface area contributed by atoms with E-state index in [0.29, 0.717) is 16.9 Å². The van der Waals surface area contributed by atoms with Crippen LogP contribution in [0.25, 0.3) is 50.2 Å². The highest BCUT2D eigenvalue weighted by molar-refractivity contribution is 5.99. The van der Waals surface area contributed by atoms with Crippen LogP contribution in [0.4, 0.5) is 4.39 Å². The molecule has 0 fully saturated rings. The Hall–Kier alpha value is -4.32. The molecule has 0 bridgehead atoms.